The molecule has 0 aliphatic carbocycles. The summed E-state index contributed by atoms with van der Waals surface area (Å²) >= 11 is 0. The Kier molecular flexibility index (Phi) is 5.01. The Hall–Kier alpha value is -2.95. The van der Waals surface area contributed by atoms with E-state index in [9.17, 15) is 4.79 Å². The molecule has 1 N–H and O–H groups in total. The van der Waals surface area contributed by atoms with Crippen molar-refractivity contribution in [1.29, 1.82) is 0 Å². The van der Waals surface area contributed by atoms with Gasteiger partial charge in [0.05, 0.1) is 12.3 Å². The lowest BCUT2D eigenvalue weighted by atomic mass is 10.2. The Morgan fingerprint density at radius 3 is 2.79 bits per heavy atom. The number of benzene rings is 2. The Bertz CT molecular complexity index is 755. The van der Waals surface area contributed by atoms with E-state index in [4.69, 9.17) is 14.2 Å². The maximum absolute atomic E-state index is 12.1. The number of rotatable bonds is 5. The van der Waals surface area contributed by atoms with E-state index in [0.29, 0.717) is 37.0 Å². The van der Waals surface area contributed by atoms with E-state index >= 15 is 0 Å². The molecule has 0 aromatic heterocycles. The van der Waals surface area contributed by atoms with Crippen molar-refractivity contribution in [3.8, 4) is 17.2 Å². The Morgan fingerprint density at radius 2 is 1.96 bits per heavy atom. The van der Waals surface area contributed by atoms with Crippen molar-refractivity contribution in [2.45, 2.75) is 6.92 Å². The van der Waals surface area contributed by atoms with Gasteiger partial charge in [-0.3, -0.25) is 4.79 Å². The molecule has 0 atom stereocenters. The fraction of sp³-hybridized carbons (Fsp3) is 0.211. The van der Waals surface area contributed by atoms with Gasteiger partial charge in [0.25, 0.3) is 0 Å². The van der Waals surface area contributed by atoms with Gasteiger partial charge in [0.2, 0.25) is 5.91 Å². The molecule has 2 aromatic rings. The number of hydrogen-bond donors (Lipinski definition) is 1. The maximum atomic E-state index is 12.1. The van der Waals surface area contributed by atoms with Gasteiger partial charge < -0.3 is 19.5 Å². The van der Waals surface area contributed by atoms with Gasteiger partial charge in [0.1, 0.15) is 19.0 Å². The van der Waals surface area contributed by atoms with Crippen molar-refractivity contribution in [1.82, 2.24) is 0 Å². The van der Waals surface area contributed by atoms with Crippen LogP contribution in [0, 0.1) is 0 Å². The van der Waals surface area contributed by atoms with Crippen LogP contribution in [0.15, 0.2) is 48.5 Å². The molecule has 0 saturated carbocycles. The molecular formula is C19H19NO4. The summed E-state index contributed by atoms with van der Waals surface area (Å²) in [4.78, 5) is 12.1. The summed E-state index contributed by atoms with van der Waals surface area (Å²) in [6.07, 6.45) is 3.21. The highest BCUT2D eigenvalue weighted by molar-refractivity contribution is 6.02. The van der Waals surface area contributed by atoms with Crippen LogP contribution in [0.25, 0.3) is 6.08 Å². The third kappa shape index (κ3) is 3.87. The lowest BCUT2D eigenvalue weighted by Crippen LogP contribution is -2.15. The van der Waals surface area contributed by atoms with Gasteiger partial charge in [0.15, 0.2) is 11.5 Å². The Labute approximate surface area is 140 Å². The number of fused-ring (bicyclic) bond motifs is 1. The minimum Gasteiger partial charge on any atom is -0.492 e. The van der Waals surface area contributed by atoms with Crippen molar-refractivity contribution in [2.24, 2.45) is 0 Å². The van der Waals surface area contributed by atoms with Crippen LogP contribution in [0.1, 0.15) is 12.5 Å². The molecule has 2 aromatic carbocycles. The quantitative estimate of drug-likeness (QED) is 0.855. The second-order valence-corrected chi connectivity index (χ2v) is 5.15. The van der Waals surface area contributed by atoms with Crippen molar-refractivity contribution in [3.05, 3.63) is 54.1 Å². The fourth-order valence-electron chi connectivity index (χ4n) is 2.36. The van der Waals surface area contributed by atoms with E-state index in [1.54, 1.807) is 12.1 Å². The molecule has 5 nitrogen and oxygen atoms in total. The number of nitrogens with one attached hydrogen (secondary N) is 1. The smallest absolute Gasteiger partial charge is 0.248 e. The monoisotopic (exact) mass is 325 g/mol. The molecular weight excluding hydrogens is 306 g/mol. The van der Waals surface area contributed by atoms with Gasteiger partial charge in [-0.05, 0) is 42.8 Å². The summed E-state index contributed by atoms with van der Waals surface area (Å²) in [6.45, 7) is 3.54. The molecule has 1 amide bonds. The van der Waals surface area contributed by atoms with E-state index < -0.39 is 0 Å². The van der Waals surface area contributed by atoms with Crippen LogP contribution in [0.5, 0.6) is 17.2 Å². The molecule has 0 fully saturated rings. The normalized spacial score (nSPS) is 12.9. The molecule has 5 heteroatoms. The van der Waals surface area contributed by atoms with E-state index in [0.717, 1.165) is 11.3 Å². The Balaban J connectivity index is 1.67. The van der Waals surface area contributed by atoms with Crippen LogP contribution < -0.4 is 19.5 Å². The number of ether oxygens (including phenoxy) is 3. The van der Waals surface area contributed by atoms with Crippen molar-refractivity contribution < 1.29 is 19.0 Å². The van der Waals surface area contributed by atoms with Crippen molar-refractivity contribution in [3.63, 3.8) is 0 Å². The summed E-state index contributed by atoms with van der Waals surface area (Å²) in [7, 11) is 0. The number of hydrogen-bond acceptors (Lipinski definition) is 4. The zero-order valence-electron chi connectivity index (χ0n) is 13.5. The van der Waals surface area contributed by atoms with Crippen LogP contribution in [0.2, 0.25) is 0 Å². The number of carbonyl (C=O) groups is 1. The second-order valence-electron chi connectivity index (χ2n) is 5.15. The van der Waals surface area contributed by atoms with Gasteiger partial charge in [-0.2, -0.15) is 0 Å². The minimum absolute atomic E-state index is 0.225. The average Bonchev–Trinajstić information content (AvgIpc) is 2.62. The highest BCUT2D eigenvalue weighted by atomic mass is 16.6. The summed E-state index contributed by atoms with van der Waals surface area (Å²) < 4.78 is 16.5. The van der Waals surface area contributed by atoms with E-state index in [1.165, 1.54) is 6.08 Å². The van der Waals surface area contributed by atoms with Gasteiger partial charge in [0, 0.05) is 6.08 Å². The largest absolute Gasteiger partial charge is 0.492 e. The third-order valence-electron chi connectivity index (χ3n) is 3.44. The first-order chi connectivity index (χ1) is 11.8. The van der Waals surface area contributed by atoms with Gasteiger partial charge in [-0.15, -0.1) is 0 Å². The predicted octanol–water partition coefficient (Wildman–Crippen LogP) is 3.51. The molecule has 24 heavy (non-hydrogen) atoms. The van der Waals surface area contributed by atoms with E-state index in [1.807, 2.05) is 43.3 Å². The number of anilines is 1. The molecule has 0 radical (unpaired) electrons. The standard InChI is InChI=1S/C19H19NO4/c1-2-22-16-6-4-3-5-15(16)20-19(21)10-8-14-7-9-17-18(13-14)24-12-11-23-17/h3-10,13H,2,11-12H2,1H3,(H,20,21)/b10-8+. The lowest BCUT2D eigenvalue weighted by Gasteiger charge is -2.18. The number of amides is 1. The molecule has 1 aliphatic heterocycles. The van der Waals surface area contributed by atoms with E-state index in [-0.39, 0.29) is 5.91 Å². The number of carbonyl (C=O) groups excluding carboxylic acids is 1. The first-order valence-electron chi connectivity index (χ1n) is 7.87. The molecule has 1 aliphatic rings. The summed E-state index contributed by atoms with van der Waals surface area (Å²) in [5, 5.41) is 2.82. The van der Waals surface area contributed by atoms with Gasteiger partial charge in [-0.1, -0.05) is 18.2 Å². The summed E-state index contributed by atoms with van der Waals surface area (Å²) in [5.74, 6) is 1.86. The zero-order valence-corrected chi connectivity index (χ0v) is 13.5. The average molecular weight is 325 g/mol. The molecule has 0 bridgehead atoms. The molecule has 0 saturated heterocycles. The zero-order chi connectivity index (χ0) is 16.8. The molecule has 0 spiro atoms. The minimum atomic E-state index is -0.225. The van der Waals surface area contributed by atoms with E-state index in [2.05, 4.69) is 5.32 Å². The molecule has 124 valence electrons. The SMILES string of the molecule is CCOc1ccccc1NC(=O)/C=C/c1ccc2c(c1)OCCO2. The van der Waals surface area contributed by atoms with Crippen LogP contribution in [-0.2, 0) is 4.79 Å². The van der Waals surface area contributed by atoms with Crippen LogP contribution in [0.3, 0.4) is 0 Å². The molecule has 3 rings (SSSR count). The van der Waals surface area contributed by atoms with Crippen molar-refractivity contribution in [2.75, 3.05) is 25.1 Å². The van der Waals surface area contributed by atoms with Crippen LogP contribution in [-0.4, -0.2) is 25.7 Å². The summed E-state index contributed by atoms with van der Waals surface area (Å²) in [6, 6.07) is 12.9. The summed E-state index contributed by atoms with van der Waals surface area (Å²) in [5.41, 5.74) is 1.52. The fourth-order valence-corrected chi connectivity index (χ4v) is 2.36. The van der Waals surface area contributed by atoms with Crippen molar-refractivity contribution >= 4 is 17.7 Å². The van der Waals surface area contributed by atoms with Gasteiger partial charge in [-0.25, -0.2) is 0 Å². The highest BCUT2D eigenvalue weighted by Gasteiger charge is 2.11. The Morgan fingerprint density at radius 1 is 1.17 bits per heavy atom. The first-order valence-corrected chi connectivity index (χ1v) is 7.87. The third-order valence-corrected chi connectivity index (χ3v) is 3.44. The number of para-hydroxylation sites is 2. The van der Waals surface area contributed by atoms with Gasteiger partial charge >= 0.3 is 0 Å². The van der Waals surface area contributed by atoms with Crippen LogP contribution in [0.4, 0.5) is 5.69 Å². The van der Waals surface area contributed by atoms with Crippen LogP contribution >= 0.6 is 0 Å². The topological polar surface area (TPSA) is 56.8 Å². The molecule has 1 heterocycles. The first kappa shape index (κ1) is 15.9. The predicted molar refractivity (Wildman–Crippen MR) is 92.7 cm³/mol. The molecule has 0 unspecified atom stereocenters. The second kappa shape index (κ2) is 7.55. The highest BCUT2D eigenvalue weighted by Crippen LogP contribution is 2.31. The maximum Gasteiger partial charge on any atom is 0.248 e. The lowest BCUT2D eigenvalue weighted by molar-refractivity contribution is -0.111.